The number of hydrogen-bond donors (Lipinski definition) is 1. The maximum absolute atomic E-state index is 4.70. The van der Waals surface area contributed by atoms with Gasteiger partial charge in [0.25, 0.3) is 15.5 Å². The molecule has 4 heterocycles. The molecule has 1 radical (unpaired) electrons. The summed E-state index contributed by atoms with van der Waals surface area (Å²) in [5, 5.41) is 4.35. The average molecular weight is 365 g/mol. The van der Waals surface area contributed by atoms with Gasteiger partial charge in [0.2, 0.25) is 0 Å². The second-order valence-electron chi connectivity index (χ2n) is 5.57. The number of thiol groups is 1. The number of aromatic nitrogens is 6. The van der Waals surface area contributed by atoms with Gasteiger partial charge in [0.15, 0.2) is 0 Å². The Hall–Kier alpha value is -1.26. The topological polar surface area (TPSA) is 26.4 Å². The van der Waals surface area contributed by atoms with Crippen LogP contribution in [0.15, 0.2) is 52.7 Å². The summed E-state index contributed by atoms with van der Waals surface area (Å²) >= 11 is 8.42. The highest BCUT2D eigenvalue weighted by atomic mass is 32.2. The Labute approximate surface area is 149 Å². The Morgan fingerprint density at radius 2 is 1.35 bits per heavy atom. The monoisotopic (exact) mass is 365 g/mol. The van der Waals surface area contributed by atoms with Crippen molar-refractivity contribution in [3.05, 3.63) is 37.2 Å². The molecule has 4 rings (SSSR count). The molecule has 0 spiro atoms. The average Bonchev–Trinajstić information content (AvgIpc) is 3.14. The number of fused-ring (bicyclic) bond motifs is 2. The molecule has 6 nitrogen and oxygen atoms in total. The van der Waals surface area contributed by atoms with Crippen LogP contribution in [-0.2, 0) is 21.1 Å². The van der Waals surface area contributed by atoms with Crippen LogP contribution in [0.2, 0.25) is 0 Å². The number of imidazole rings is 3. The summed E-state index contributed by atoms with van der Waals surface area (Å²) in [6, 6.07) is 0. The Balaban J connectivity index is 2.00. The first-order chi connectivity index (χ1) is 11.1. The second-order valence-corrected chi connectivity index (χ2v) is 8.22. The summed E-state index contributed by atoms with van der Waals surface area (Å²) in [7, 11) is 6.18. The van der Waals surface area contributed by atoms with E-state index in [0.717, 1.165) is 10.2 Å². The Kier molecular flexibility index (Phi) is 3.77. The molecule has 23 heavy (non-hydrogen) atoms. The number of thioether (sulfide) groups is 2. The minimum absolute atomic E-state index is 0.0172. The van der Waals surface area contributed by atoms with Crippen LogP contribution in [0.25, 0.3) is 0 Å². The van der Waals surface area contributed by atoms with Crippen LogP contribution in [0.3, 0.4) is 0 Å². The van der Waals surface area contributed by atoms with E-state index >= 15 is 0 Å². The van der Waals surface area contributed by atoms with Gasteiger partial charge in [-0.25, -0.2) is 13.7 Å². The maximum atomic E-state index is 4.70. The first-order valence-corrected chi connectivity index (χ1v) is 9.63. The van der Waals surface area contributed by atoms with Gasteiger partial charge in [-0.2, -0.15) is 0 Å². The van der Waals surface area contributed by atoms with Crippen molar-refractivity contribution in [1.82, 2.24) is 13.7 Å². The third-order valence-corrected chi connectivity index (χ3v) is 7.07. The summed E-state index contributed by atoms with van der Waals surface area (Å²) < 4.78 is 13.2. The SMILES string of the molecule is Cn1cc[n+]([B-]2[n+]3ccn(C)c3SCSc3n(C)cc[n+]32)c1S. The first-order valence-electron chi connectivity index (χ1n) is 7.22. The summed E-state index contributed by atoms with van der Waals surface area (Å²) in [6.45, 7) is 0. The molecule has 0 aliphatic carbocycles. The molecule has 0 fully saturated rings. The van der Waals surface area contributed by atoms with Crippen molar-refractivity contribution in [3.63, 3.8) is 0 Å². The van der Waals surface area contributed by atoms with E-state index in [1.165, 1.54) is 10.3 Å². The molecule has 0 saturated carbocycles. The largest absolute Gasteiger partial charge is 0.585 e. The van der Waals surface area contributed by atoms with Crippen LogP contribution >= 0.6 is 36.2 Å². The predicted octanol–water partition coefficient (Wildman–Crippen LogP) is -0.0618. The van der Waals surface area contributed by atoms with E-state index in [4.69, 9.17) is 12.6 Å². The molecule has 10 heteroatoms. The molecule has 0 saturated heterocycles. The van der Waals surface area contributed by atoms with Gasteiger partial charge in [-0.3, -0.25) is 0 Å². The zero-order chi connectivity index (χ0) is 16.1. The van der Waals surface area contributed by atoms with Gasteiger partial charge in [0.1, 0.15) is 18.6 Å². The Morgan fingerprint density at radius 3 is 1.83 bits per heavy atom. The third-order valence-electron chi connectivity index (χ3n) is 4.07. The molecular weight excluding hydrogens is 347 g/mol. The lowest BCUT2D eigenvalue weighted by Crippen LogP contribution is -2.84. The van der Waals surface area contributed by atoms with E-state index in [9.17, 15) is 0 Å². The van der Waals surface area contributed by atoms with Gasteiger partial charge >= 0.3 is 7.12 Å². The van der Waals surface area contributed by atoms with Crippen LogP contribution in [-0.4, -0.2) is 25.9 Å². The number of rotatable bonds is 1. The lowest BCUT2D eigenvalue weighted by Gasteiger charge is -2.21. The molecule has 3 aromatic heterocycles. The summed E-state index contributed by atoms with van der Waals surface area (Å²) in [5.41, 5.74) is 0. The van der Waals surface area contributed by atoms with Gasteiger partial charge in [-0.05, 0) is 23.5 Å². The van der Waals surface area contributed by atoms with Gasteiger partial charge in [-0.1, -0.05) is 12.6 Å². The Bertz CT molecular complexity index is 834. The lowest BCUT2D eigenvalue weighted by atomic mass is 9.92. The predicted molar refractivity (Wildman–Crippen MR) is 92.6 cm³/mol. The van der Waals surface area contributed by atoms with Crippen molar-refractivity contribution in [2.75, 3.05) is 5.08 Å². The van der Waals surface area contributed by atoms with E-state index in [2.05, 4.69) is 67.6 Å². The highest BCUT2D eigenvalue weighted by Crippen LogP contribution is 2.25. The normalized spacial score (nSPS) is 15.1. The number of nitrogens with zero attached hydrogens (tertiary/aromatic N) is 6. The molecule has 0 bridgehead atoms. The van der Waals surface area contributed by atoms with Crippen molar-refractivity contribution in [3.8, 4) is 0 Å². The van der Waals surface area contributed by atoms with E-state index in [1.54, 1.807) is 0 Å². The maximum Gasteiger partial charge on any atom is 0.585 e. The van der Waals surface area contributed by atoms with Crippen molar-refractivity contribution in [2.45, 2.75) is 15.5 Å². The highest BCUT2D eigenvalue weighted by molar-refractivity contribution is 8.15. The molecule has 0 atom stereocenters. The first kappa shape index (κ1) is 15.3. The summed E-state index contributed by atoms with van der Waals surface area (Å²) in [6.07, 6.45) is 12.6. The molecule has 0 unspecified atom stereocenters. The van der Waals surface area contributed by atoms with Crippen LogP contribution < -0.4 is 13.4 Å². The highest BCUT2D eigenvalue weighted by Gasteiger charge is 2.37. The molecular formula is C13H18BN6S3+2. The number of hydrogen-bond acceptors (Lipinski definition) is 3. The third kappa shape index (κ3) is 2.35. The quantitative estimate of drug-likeness (QED) is 0.483. The molecule has 1 aliphatic rings. The zero-order valence-corrected chi connectivity index (χ0v) is 15.7. The lowest BCUT2D eigenvalue weighted by molar-refractivity contribution is -0.829. The number of aryl methyl sites for hydroxylation is 3. The fourth-order valence-corrected chi connectivity index (χ4v) is 5.32. The minimum atomic E-state index is -0.0172. The minimum Gasteiger partial charge on any atom is -0.357 e. The van der Waals surface area contributed by atoms with Gasteiger partial charge < -0.3 is 13.4 Å². The van der Waals surface area contributed by atoms with Gasteiger partial charge in [0.05, 0.1) is 44.8 Å². The van der Waals surface area contributed by atoms with E-state index in [1.807, 2.05) is 41.3 Å². The van der Waals surface area contributed by atoms with Crippen molar-refractivity contribution in [1.29, 1.82) is 0 Å². The molecule has 0 aromatic carbocycles. The fourth-order valence-electron chi connectivity index (χ4n) is 2.87. The summed E-state index contributed by atoms with van der Waals surface area (Å²) in [4.78, 5) is 0. The molecule has 119 valence electrons. The zero-order valence-electron chi connectivity index (χ0n) is 13.2. The molecule has 0 amide bonds. The molecule has 1 aliphatic heterocycles. The van der Waals surface area contributed by atoms with Gasteiger partial charge in [-0.15, -0.1) is 0 Å². The Morgan fingerprint density at radius 1 is 0.870 bits per heavy atom. The molecule has 3 aromatic rings. The van der Waals surface area contributed by atoms with E-state index in [-0.39, 0.29) is 7.12 Å². The summed E-state index contributed by atoms with van der Waals surface area (Å²) in [5.74, 6) is 0. The van der Waals surface area contributed by atoms with Gasteiger partial charge in [0, 0.05) is 0 Å². The smallest absolute Gasteiger partial charge is 0.357 e. The van der Waals surface area contributed by atoms with Crippen molar-refractivity contribution >= 4 is 43.3 Å². The standard InChI is InChI=1S/C13H17BN6S3/c1-15-4-7-18(11(15)21)14-19-8-5-16(2)12(19)22-10-23-13-17(3)6-9-20(13)14/h4-9H,10H2,1-3H3/q+1/p+1. The molecule has 0 N–H and O–H groups in total. The second kappa shape index (κ2) is 5.68. The van der Waals surface area contributed by atoms with Crippen molar-refractivity contribution < 1.29 is 13.4 Å². The fraction of sp³-hybridized carbons (Fsp3) is 0.308. The van der Waals surface area contributed by atoms with Crippen LogP contribution in [0, 0.1) is 0 Å². The van der Waals surface area contributed by atoms with Crippen molar-refractivity contribution in [2.24, 2.45) is 21.1 Å². The van der Waals surface area contributed by atoms with Crippen LogP contribution in [0.4, 0.5) is 0 Å². The van der Waals surface area contributed by atoms with E-state index < -0.39 is 0 Å². The van der Waals surface area contributed by atoms with Crippen LogP contribution in [0.1, 0.15) is 0 Å². The van der Waals surface area contributed by atoms with Crippen LogP contribution in [0.5, 0.6) is 0 Å². The van der Waals surface area contributed by atoms with E-state index in [0.29, 0.717) is 0 Å².